The van der Waals surface area contributed by atoms with Crippen LogP contribution < -0.4 is 5.32 Å². The Balaban J connectivity index is 1.32. The molecule has 0 aliphatic heterocycles. The molecule has 0 unspecified atom stereocenters. The quantitative estimate of drug-likeness (QED) is 0.605. The standard InChI is InChI=1S/C20H22N4OS2/c1-13-16(11-14-7-3-2-4-8-14)23-19(21-13)26-12-18(25)24-20-22-15-9-5-6-10-17(15)27-20/h2-4,7-8H,5-6,9-12H2,1H3,(H,21,23)(H,22,24,25). The maximum Gasteiger partial charge on any atom is 0.236 e. The molecule has 1 aliphatic rings. The van der Waals surface area contributed by atoms with E-state index in [1.165, 1.54) is 40.7 Å². The van der Waals surface area contributed by atoms with E-state index in [0.29, 0.717) is 5.75 Å². The van der Waals surface area contributed by atoms with Gasteiger partial charge in [-0.1, -0.05) is 42.1 Å². The third kappa shape index (κ3) is 4.59. The Kier molecular flexibility index (Phi) is 5.59. The predicted octanol–water partition coefficient (Wildman–Crippen LogP) is 4.38. The third-order valence-electron chi connectivity index (χ3n) is 4.61. The number of amides is 1. The number of thioether (sulfide) groups is 1. The minimum atomic E-state index is -0.0373. The van der Waals surface area contributed by atoms with Crippen molar-refractivity contribution in [3.05, 3.63) is 57.9 Å². The van der Waals surface area contributed by atoms with E-state index in [9.17, 15) is 4.79 Å². The molecule has 5 nitrogen and oxygen atoms in total. The number of aryl methyl sites for hydroxylation is 3. The molecule has 0 bridgehead atoms. The second kappa shape index (κ2) is 8.27. The molecule has 2 aromatic heterocycles. The number of hydrogen-bond donors (Lipinski definition) is 2. The molecule has 4 rings (SSSR count). The maximum atomic E-state index is 12.3. The molecule has 2 N–H and O–H groups in total. The first kappa shape index (κ1) is 18.3. The van der Waals surface area contributed by atoms with Crippen molar-refractivity contribution < 1.29 is 4.79 Å². The molecule has 0 spiro atoms. The molecule has 0 saturated carbocycles. The van der Waals surface area contributed by atoms with Crippen LogP contribution in [-0.4, -0.2) is 26.6 Å². The van der Waals surface area contributed by atoms with Gasteiger partial charge in [0, 0.05) is 17.0 Å². The zero-order chi connectivity index (χ0) is 18.6. The van der Waals surface area contributed by atoms with Gasteiger partial charge in [-0.2, -0.15) is 0 Å². The van der Waals surface area contributed by atoms with Gasteiger partial charge in [0.25, 0.3) is 0 Å². The highest BCUT2D eigenvalue weighted by molar-refractivity contribution is 7.99. The molecule has 2 heterocycles. The fourth-order valence-corrected chi connectivity index (χ4v) is 5.00. The first-order valence-electron chi connectivity index (χ1n) is 9.18. The number of fused-ring (bicyclic) bond motifs is 1. The van der Waals surface area contributed by atoms with Crippen LogP contribution in [0, 0.1) is 6.92 Å². The summed E-state index contributed by atoms with van der Waals surface area (Å²) in [6.45, 7) is 2.02. The molecule has 1 aromatic carbocycles. The molecule has 1 aliphatic carbocycles. The number of carbonyl (C=O) groups excluding carboxylic acids is 1. The molecule has 0 atom stereocenters. The second-order valence-corrected chi connectivity index (χ2v) is 8.76. The summed E-state index contributed by atoms with van der Waals surface area (Å²) >= 11 is 3.04. The van der Waals surface area contributed by atoms with Gasteiger partial charge in [0.15, 0.2) is 10.3 Å². The summed E-state index contributed by atoms with van der Waals surface area (Å²) < 4.78 is 0. The lowest BCUT2D eigenvalue weighted by molar-refractivity contribution is -0.113. The number of imidazole rings is 1. The number of aromatic nitrogens is 3. The fraction of sp³-hybridized carbons (Fsp3) is 0.350. The number of nitrogens with zero attached hydrogens (tertiary/aromatic N) is 2. The Hall–Kier alpha value is -2.12. The number of aromatic amines is 1. The summed E-state index contributed by atoms with van der Waals surface area (Å²) in [6.07, 6.45) is 5.34. The average Bonchev–Trinajstić information content (AvgIpc) is 3.23. The van der Waals surface area contributed by atoms with Crippen molar-refractivity contribution in [1.82, 2.24) is 15.0 Å². The largest absolute Gasteiger partial charge is 0.337 e. The molecule has 27 heavy (non-hydrogen) atoms. The molecule has 140 valence electrons. The topological polar surface area (TPSA) is 70.7 Å². The van der Waals surface area contributed by atoms with Crippen molar-refractivity contribution in [3.63, 3.8) is 0 Å². The normalized spacial score (nSPS) is 13.4. The Bertz CT molecular complexity index is 909. The van der Waals surface area contributed by atoms with E-state index in [-0.39, 0.29) is 5.91 Å². The molecule has 0 radical (unpaired) electrons. The van der Waals surface area contributed by atoms with Crippen molar-refractivity contribution in [2.45, 2.75) is 44.2 Å². The van der Waals surface area contributed by atoms with Crippen LogP contribution in [0.15, 0.2) is 35.5 Å². The Morgan fingerprint density at radius 3 is 2.85 bits per heavy atom. The van der Waals surface area contributed by atoms with E-state index in [1.54, 1.807) is 11.3 Å². The van der Waals surface area contributed by atoms with Crippen LogP contribution in [0.5, 0.6) is 0 Å². The van der Waals surface area contributed by atoms with Crippen LogP contribution in [0.4, 0.5) is 5.13 Å². The van der Waals surface area contributed by atoms with Gasteiger partial charge in [-0.05, 0) is 38.2 Å². The second-order valence-electron chi connectivity index (χ2n) is 6.71. The zero-order valence-corrected chi connectivity index (χ0v) is 16.9. The highest BCUT2D eigenvalue weighted by atomic mass is 32.2. The molecular formula is C20H22N4OS2. The number of H-pyrrole nitrogens is 1. The number of hydrogen-bond acceptors (Lipinski definition) is 5. The first-order valence-corrected chi connectivity index (χ1v) is 11.0. The van der Waals surface area contributed by atoms with Crippen molar-refractivity contribution in [3.8, 4) is 0 Å². The van der Waals surface area contributed by atoms with E-state index in [4.69, 9.17) is 0 Å². The Morgan fingerprint density at radius 1 is 1.22 bits per heavy atom. The van der Waals surface area contributed by atoms with Crippen molar-refractivity contribution in [1.29, 1.82) is 0 Å². The number of thiazole rings is 1. The van der Waals surface area contributed by atoms with Gasteiger partial charge >= 0.3 is 0 Å². The van der Waals surface area contributed by atoms with Gasteiger partial charge in [-0.15, -0.1) is 11.3 Å². The summed E-state index contributed by atoms with van der Waals surface area (Å²) in [6, 6.07) is 10.3. The number of anilines is 1. The van der Waals surface area contributed by atoms with Crippen LogP contribution in [-0.2, 0) is 24.1 Å². The maximum absolute atomic E-state index is 12.3. The minimum absolute atomic E-state index is 0.0373. The van der Waals surface area contributed by atoms with Crippen LogP contribution in [0.1, 0.15) is 40.4 Å². The smallest absolute Gasteiger partial charge is 0.236 e. The van der Waals surface area contributed by atoms with Crippen LogP contribution in [0.25, 0.3) is 0 Å². The molecule has 1 amide bonds. The number of benzene rings is 1. The number of nitrogens with one attached hydrogen (secondary N) is 2. The molecular weight excluding hydrogens is 376 g/mol. The molecule has 7 heteroatoms. The first-order chi connectivity index (χ1) is 13.2. The summed E-state index contributed by atoms with van der Waals surface area (Å²) in [5.74, 6) is 0.284. The van der Waals surface area contributed by atoms with E-state index >= 15 is 0 Å². The monoisotopic (exact) mass is 398 g/mol. The molecule has 0 saturated heterocycles. The fourth-order valence-electron chi connectivity index (χ4n) is 3.19. The van der Waals surface area contributed by atoms with Crippen LogP contribution in [0.2, 0.25) is 0 Å². The van der Waals surface area contributed by atoms with Gasteiger partial charge < -0.3 is 10.3 Å². The molecule has 0 fully saturated rings. The van der Waals surface area contributed by atoms with Gasteiger partial charge in [0.1, 0.15) is 0 Å². The number of rotatable bonds is 6. The van der Waals surface area contributed by atoms with Crippen molar-refractivity contribution in [2.75, 3.05) is 11.1 Å². The summed E-state index contributed by atoms with van der Waals surface area (Å²) in [7, 11) is 0. The van der Waals surface area contributed by atoms with Gasteiger partial charge in [-0.25, -0.2) is 9.97 Å². The van der Waals surface area contributed by atoms with Gasteiger partial charge in [0.05, 0.1) is 17.1 Å². The summed E-state index contributed by atoms with van der Waals surface area (Å²) in [5, 5.41) is 4.45. The lowest BCUT2D eigenvalue weighted by Gasteiger charge is -2.06. The van der Waals surface area contributed by atoms with E-state index in [2.05, 4.69) is 32.4 Å². The van der Waals surface area contributed by atoms with Gasteiger partial charge in [0.2, 0.25) is 5.91 Å². The highest BCUT2D eigenvalue weighted by Gasteiger charge is 2.17. The van der Waals surface area contributed by atoms with E-state index < -0.39 is 0 Å². The van der Waals surface area contributed by atoms with Crippen molar-refractivity contribution in [2.24, 2.45) is 0 Å². The Labute approximate surface area is 167 Å². The van der Waals surface area contributed by atoms with Gasteiger partial charge in [-0.3, -0.25) is 4.79 Å². The minimum Gasteiger partial charge on any atom is -0.337 e. The molecule has 3 aromatic rings. The highest BCUT2D eigenvalue weighted by Crippen LogP contribution is 2.29. The SMILES string of the molecule is Cc1[nH]c(SCC(=O)Nc2nc3c(s2)CCCC3)nc1Cc1ccccc1. The lowest BCUT2D eigenvalue weighted by atomic mass is 10.0. The third-order valence-corrected chi connectivity index (χ3v) is 6.56. The lowest BCUT2D eigenvalue weighted by Crippen LogP contribution is -2.14. The predicted molar refractivity (Wildman–Crippen MR) is 111 cm³/mol. The number of carbonyl (C=O) groups is 1. The summed E-state index contributed by atoms with van der Waals surface area (Å²) in [4.78, 5) is 26.1. The Morgan fingerprint density at radius 2 is 2.04 bits per heavy atom. The zero-order valence-electron chi connectivity index (χ0n) is 15.2. The van der Waals surface area contributed by atoms with E-state index in [1.807, 2.05) is 25.1 Å². The average molecular weight is 399 g/mol. The van der Waals surface area contributed by atoms with E-state index in [0.717, 1.165) is 40.9 Å². The van der Waals surface area contributed by atoms with Crippen LogP contribution in [0.3, 0.4) is 0 Å². The van der Waals surface area contributed by atoms with Crippen LogP contribution >= 0.6 is 23.1 Å². The summed E-state index contributed by atoms with van der Waals surface area (Å²) in [5.41, 5.74) is 4.47. The van der Waals surface area contributed by atoms with Crippen molar-refractivity contribution >= 4 is 34.1 Å².